The molecule has 0 aromatic rings. The Morgan fingerprint density at radius 3 is 2.83 bits per heavy atom. The molecule has 6 heteroatoms. The molecular weight excluding hydrogens is 298 g/mol. The zero-order chi connectivity index (χ0) is 16.4. The molecule has 3 aliphatic carbocycles. The van der Waals surface area contributed by atoms with Crippen LogP contribution in [-0.4, -0.2) is 23.3 Å². The van der Waals surface area contributed by atoms with E-state index in [4.69, 9.17) is 9.57 Å². The molecule has 0 radical (unpaired) electrons. The van der Waals surface area contributed by atoms with Crippen LogP contribution >= 0.6 is 0 Å². The molecule has 2 fully saturated rings. The van der Waals surface area contributed by atoms with Crippen LogP contribution in [0.4, 0.5) is 0 Å². The first kappa shape index (κ1) is 15.0. The topological polar surface area (TPSA) is 78.7 Å². The number of ether oxygens (including phenoxy) is 1. The Bertz CT molecular complexity index is 600. The molecule has 2 saturated carbocycles. The number of carbonyl (C=O) groups excluding carboxylic acids is 1. The Labute approximate surface area is 135 Å². The van der Waals surface area contributed by atoms with Crippen LogP contribution in [0.25, 0.3) is 0 Å². The predicted molar refractivity (Wildman–Crippen MR) is 80.7 cm³/mol. The molecule has 0 spiro atoms. The van der Waals surface area contributed by atoms with Gasteiger partial charge >= 0.3 is 5.97 Å². The summed E-state index contributed by atoms with van der Waals surface area (Å²) in [6.07, 6.45) is 5.13. The van der Waals surface area contributed by atoms with Crippen LogP contribution in [0.1, 0.15) is 52.4 Å². The van der Waals surface area contributed by atoms with E-state index in [2.05, 4.69) is 6.92 Å². The van der Waals surface area contributed by atoms with Gasteiger partial charge in [-0.15, -0.1) is 10.1 Å². The van der Waals surface area contributed by atoms with E-state index in [0.717, 1.165) is 44.1 Å². The van der Waals surface area contributed by atoms with Crippen LogP contribution in [-0.2, 0) is 14.4 Å². The Hall–Kier alpha value is -1.59. The van der Waals surface area contributed by atoms with Gasteiger partial charge in [-0.2, -0.15) is 0 Å². The average Bonchev–Trinajstić information content (AvgIpc) is 2.96. The molecule has 4 rings (SSSR count). The number of cyclic esters (lactones) is 1. The normalized spacial score (nSPS) is 45.1. The lowest BCUT2D eigenvalue weighted by atomic mass is 9.55. The highest BCUT2D eigenvalue weighted by Crippen LogP contribution is 2.61. The van der Waals surface area contributed by atoms with E-state index in [9.17, 15) is 14.9 Å². The van der Waals surface area contributed by atoms with Gasteiger partial charge in [0, 0.05) is 5.57 Å². The molecule has 0 aromatic heterocycles. The Kier molecular flexibility index (Phi) is 3.22. The molecule has 6 unspecified atom stereocenters. The minimum atomic E-state index is -0.637. The standard InChI is InChI=1S/C17H23NO5/c1-9-10-3-4-11-12(15(10)16(19)22-9)7-8-17(2)13(11)5-6-14(17)23-18(20)21/h9,11-14H,3-8H2,1-2H3. The van der Waals surface area contributed by atoms with Gasteiger partial charge in [0.15, 0.2) is 0 Å². The molecule has 0 N–H and O–H groups in total. The third-order valence-corrected chi connectivity index (χ3v) is 7.02. The van der Waals surface area contributed by atoms with Crippen molar-refractivity contribution < 1.29 is 19.5 Å². The fraction of sp³-hybridized carbons (Fsp3) is 0.824. The van der Waals surface area contributed by atoms with Gasteiger partial charge in [-0.1, -0.05) is 6.92 Å². The smallest absolute Gasteiger partial charge is 0.334 e. The van der Waals surface area contributed by atoms with E-state index < -0.39 is 5.09 Å². The fourth-order valence-corrected chi connectivity index (χ4v) is 5.97. The molecule has 0 aromatic carbocycles. The number of esters is 1. The molecule has 4 aliphatic rings. The Balaban J connectivity index is 1.63. The molecule has 126 valence electrons. The van der Waals surface area contributed by atoms with E-state index in [1.54, 1.807) is 0 Å². The lowest BCUT2D eigenvalue weighted by molar-refractivity contribution is -0.772. The molecule has 0 amide bonds. The number of hydrogen-bond acceptors (Lipinski definition) is 5. The molecule has 0 saturated heterocycles. The van der Waals surface area contributed by atoms with Crippen molar-refractivity contribution in [3.63, 3.8) is 0 Å². The van der Waals surface area contributed by atoms with Gasteiger partial charge in [-0.05, 0) is 74.2 Å². The average molecular weight is 321 g/mol. The lowest BCUT2D eigenvalue weighted by Gasteiger charge is -2.49. The van der Waals surface area contributed by atoms with E-state index in [0.29, 0.717) is 11.8 Å². The quantitative estimate of drug-likeness (QED) is 0.444. The van der Waals surface area contributed by atoms with Crippen molar-refractivity contribution in [1.82, 2.24) is 0 Å². The predicted octanol–water partition coefficient (Wildman–Crippen LogP) is 3.04. The van der Waals surface area contributed by atoms with Crippen LogP contribution < -0.4 is 0 Å². The number of fused-ring (bicyclic) bond motifs is 4. The summed E-state index contributed by atoms with van der Waals surface area (Å²) in [6, 6.07) is 0. The molecule has 6 nitrogen and oxygen atoms in total. The SMILES string of the molecule is CC1OC(=O)C2=C1CCC1C2CCC2(C)C(O[N+](=O)[O-])CCC12. The number of rotatable bonds is 2. The van der Waals surface area contributed by atoms with Gasteiger partial charge < -0.3 is 9.57 Å². The van der Waals surface area contributed by atoms with E-state index in [1.807, 2.05) is 6.92 Å². The van der Waals surface area contributed by atoms with Crippen LogP contribution in [0.3, 0.4) is 0 Å². The number of nitrogens with zero attached hydrogens (tertiary/aromatic N) is 1. The largest absolute Gasteiger partial charge is 0.455 e. The fourth-order valence-electron chi connectivity index (χ4n) is 5.97. The van der Waals surface area contributed by atoms with Crippen molar-refractivity contribution in [3.8, 4) is 0 Å². The third-order valence-electron chi connectivity index (χ3n) is 7.02. The van der Waals surface area contributed by atoms with Crippen LogP contribution in [0.5, 0.6) is 0 Å². The van der Waals surface area contributed by atoms with Gasteiger partial charge in [0.05, 0.1) is 0 Å². The summed E-state index contributed by atoms with van der Waals surface area (Å²) in [5, 5.41) is 10.2. The summed E-state index contributed by atoms with van der Waals surface area (Å²) in [5.41, 5.74) is 2.01. The second-order valence-electron chi connectivity index (χ2n) is 7.84. The molecular formula is C17H23NO5. The Morgan fingerprint density at radius 2 is 2.09 bits per heavy atom. The number of hydrogen-bond donors (Lipinski definition) is 0. The second-order valence-corrected chi connectivity index (χ2v) is 7.84. The van der Waals surface area contributed by atoms with Crippen LogP contribution in [0.15, 0.2) is 11.1 Å². The van der Waals surface area contributed by atoms with E-state index >= 15 is 0 Å². The van der Waals surface area contributed by atoms with Crippen molar-refractivity contribution in [3.05, 3.63) is 21.3 Å². The molecule has 23 heavy (non-hydrogen) atoms. The molecule has 1 aliphatic heterocycles. The molecule has 6 atom stereocenters. The summed E-state index contributed by atoms with van der Waals surface area (Å²) in [5.74, 6) is 1.00. The summed E-state index contributed by atoms with van der Waals surface area (Å²) in [4.78, 5) is 28.1. The summed E-state index contributed by atoms with van der Waals surface area (Å²) in [6.45, 7) is 4.11. The van der Waals surface area contributed by atoms with Crippen molar-refractivity contribution in [2.24, 2.45) is 23.2 Å². The first-order chi connectivity index (χ1) is 10.9. The minimum absolute atomic E-state index is 0.0686. The van der Waals surface area contributed by atoms with Crippen molar-refractivity contribution in [1.29, 1.82) is 0 Å². The minimum Gasteiger partial charge on any atom is -0.455 e. The third kappa shape index (κ3) is 2.03. The number of carbonyl (C=O) groups is 1. The van der Waals surface area contributed by atoms with Crippen molar-refractivity contribution in [2.75, 3.05) is 0 Å². The summed E-state index contributed by atoms with van der Waals surface area (Å²) >= 11 is 0. The van der Waals surface area contributed by atoms with Gasteiger partial charge in [0.2, 0.25) is 0 Å². The maximum absolute atomic E-state index is 12.3. The van der Waals surface area contributed by atoms with Crippen LogP contribution in [0.2, 0.25) is 0 Å². The van der Waals surface area contributed by atoms with E-state index in [1.165, 1.54) is 5.57 Å². The van der Waals surface area contributed by atoms with Crippen molar-refractivity contribution in [2.45, 2.75) is 64.6 Å². The maximum atomic E-state index is 12.3. The summed E-state index contributed by atoms with van der Waals surface area (Å²) in [7, 11) is 0. The maximum Gasteiger partial charge on any atom is 0.334 e. The Morgan fingerprint density at radius 1 is 1.30 bits per heavy atom. The highest BCUT2D eigenvalue weighted by molar-refractivity contribution is 5.93. The highest BCUT2D eigenvalue weighted by Gasteiger charge is 2.58. The zero-order valence-corrected chi connectivity index (χ0v) is 13.6. The molecule has 0 bridgehead atoms. The van der Waals surface area contributed by atoms with E-state index in [-0.39, 0.29) is 29.5 Å². The lowest BCUT2D eigenvalue weighted by Crippen LogP contribution is -2.46. The van der Waals surface area contributed by atoms with Crippen molar-refractivity contribution >= 4 is 5.97 Å². The highest BCUT2D eigenvalue weighted by atomic mass is 17.0. The van der Waals surface area contributed by atoms with Gasteiger partial charge in [0.25, 0.3) is 5.09 Å². The first-order valence-corrected chi connectivity index (χ1v) is 8.67. The summed E-state index contributed by atoms with van der Waals surface area (Å²) < 4.78 is 5.44. The zero-order valence-electron chi connectivity index (χ0n) is 13.6. The van der Waals surface area contributed by atoms with Crippen LogP contribution in [0, 0.1) is 33.3 Å². The van der Waals surface area contributed by atoms with Gasteiger partial charge in [-0.3, -0.25) is 0 Å². The monoisotopic (exact) mass is 321 g/mol. The second kappa shape index (κ2) is 4.95. The first-order valence-electron chi connectivity index (χ1n) is 8.67. The van der Waals surface area contributed by atoms with Gasteiger partial charge in [-0.25, -0.2) is 4.79 Å². The van der Waals surface area contributed by atoms with Gasteiger partial charge in [0.1, 0.15) is 12.2 Å². The molecule has 1 heterocycles.